The van der Waals surface area contributed by atoms with Crippen LogP contribution in [0.2, 0.25) is 0 Å². The first-order valence-corrected chi connectivity index (χ1v) is 7.98. The van der Waals surface area contributed by atoms with Gasteiger partial charge in [-0.1, -0.05) is 0 Å². The first kappa shape index (κ1) is 20.6. The second kappa shape index (κ2) is 8.75. The molecule has 0 aromatic carbocycles. The Hall–Kier alpha value is -2.76. The topological polar surface area (TPSA) is 157 Å². The summed E-state index contributed by atoms with van der Waals surface area (Å²) in [5, 5.41) is 20.4. The Morgan fingerprint density at radius 1 is 1.26 bits per heavy atom. The molecular formula is C16H20N2O9. The smallest absolute Gasteiger partial charge is 0.333 e. The zero-order valence-corrected chi connectivity index (χ0v) is 14.7. The van der Waals surface area contributed by atoms with Crippen LogP contribution in [0, 0.1) is 0 Å². The lowest BCUT2D eigenvalue weighted by molar-refractivity contribution is -0.138. The van der Waals surface area contributed by atoms with Crippen LogP contribution in [0.5, 0.6) is 0 Å². The Kier molecular flexibility index (Phi) is 6.66. The molecule has 1 saturated heterocycles. The Morgan fingerprint density at radius 3 is 2.56 bits per heavy atom. The monoisotopic (exact) mass is 384 g/mol. The Labute approximate surface area is 152 Å². The lowest BCUT2D eigenvalue weighted by atomic mass is 10.0. The third-order valence-electron chi connectivity index (χ3n) is 4.10. The third-order valence-corrected chi connectivity index (χ3v) is 4.10. The maximum atomic E-state index is 11.8. The average molecular weight is 384 g/mol. The largest absolute Gasteiger partial charge is 0.466 e. The van der Waals surface area contributed by atoms with Crippen LogP contribution in [0.3, 0.4) is 0 Å². The lowest BCUT2D eigenvalue weighted by Crippen LogP contribution is -2.37. The van der Waals surface area contributed by atoms with Crippen molar-refractivity contribution in [3.63, 3.8) is 0 Å². The van der Waals surface area contributed by atoms with Crippen LogP contribution in [-0.4, -0.2) is 64.2 Å². The number of nitrogens with zero attached hydrogens (tertiary/aromatic N) is 1. The standard InChI is InChI=1S/C16H20N2O9/c1-25-11(20)7-8(15(23)26-2)3-4-9-12(21)13(22)14(27-9)18-6-5-10(19)17-16(18)24/h5-7,9,12-14,21-22H,3-4H2,1-2H3,(H,17,19,24)/b8-7-/t9-,12-,13-,14-/m1/s1. The Balaban J connectivity index is 2.14. The van der Waals surface area contributed by atoms with E-state index < -0.39 is 47.7 Å². The van der Waals surface area contributed by atoms with E-state index in [4.69, 9.17) is 4.74 Å². The van der Waals surface area contributed by atoms with E-state index in [-0.39, 0.29) is 18.4 Å². The van der Waals surface area contributed by atoms with Crippen molar-refractivity contribution in [2.24, 2.45) is 0 Å². The number of aromatic amines is 1. The molecule has 0 spiro atoms. The molecule has 0 radical (unpaired) electrons. The maximum absolute atomic E-state index is 11.8. The van der Waals surface area contributed by atoms with Gasteiger partial charge in [-0.25, -0.2) is 14.4 Å². The van der Waals surface area contributed by atoms with Gasteiger partial charge in [0.15, 0.2) is 6.23 Å². The molecule has 27 heavy (non-hydrogen) atoms. The summed E-state index contributed by atoms with van der Waals surface area (Å²) in [6.45, 7) is 0. The van der Waals surface area contributed by atoms with Crippen LogP contribution >= 0.6 is 0 Å². The van der Waals surface area contributed by atoms with Gasteiger partial charge in [0.25, 0.3) is 5.56 Å². The highest BCUT2D eigenvalue weighted by Gasteiger charge is 2.43. The Morgan fingerprint density at radius 2 is 1.96 bits per heavy atom. The summed E-state index contributed by atoms with van der Waals surface area (Å²) >= 11 is 0. The van der Waals surface area contributed by atoms with E-state index in [0.717, 1.165) is 37.1 Å². The molecule has 11 nitrogen and oxygen atoms in total. The molecule has 0 aliphatic carbocycles. The Bertz CT molecular complexity index is 841. The van der Waals surface area contributed by atoms with Crippen molar-refractivity contribution in [2.75, 3.05) is 14.2 Å². The number of methoxy groups -OCH3 is 2. The van der Waals surface area contributed by atoms with Crippen LogP contribution < -0.4 is 11.2 Å². The summed E-state index contributed by atoms with van der Waals surface area (Å²) in [4.78, 5) is 48.1. The van der Waals surface area contributed by atoms with Crippen molar-refractivity contribution in [1.29, 1.82) is 0 Å². The number of aromatic nitrogens is 2. The van der Waals surface area contributed by atoms with Gasteiger partial charge in [0, 0.05) is 23.9 Å². The van der Waals surface area contributed by atoms with Gasteiger partial charge in [0.1, 0.15) is 12.2 Å². The molecule has 2 heterocycles. The normalized spacial score (nSPS) is 25.3. The number of esters is 2. The minimum absolute atomic E-state index is 0.000650. The van der Waals surface area contributed by atoms with Gasteiger partial charge >= 0.3 is 17.6 Å². The molecule has 0 saturated carbocycles. The van der Waals surface area contributed by atoms with E-state index in [0.29, 0.717) is 0 Å². The highest BCUT2D eigenvalue weighted by Crippen LogP contribution is 2.31. The van der Waals surface area contributed by atoms with Crippen LogP contribution in [0.1, 0.15) is 19.1 Å². The van der Waals surface area contributed by atoms with Crippen LogP contribution in [0.4, 0.5) is 0 Å². The van der Waals surface area contributed by atoms with Crippen molar-refractivity contribution in [2.45, 2.75) is 37.4 Å². The van der Waals surface area contributed by atoms with E-state index in [9.17, 15) is 29.4 Å². The van der Waals surface area contributed by atoms with Gasteiger partial charge in [0.05, 0.1) is 20.3 Å². The van der Waals surface area contributed by atoms with Crippen molar-refractivity contribution < 1.29 is 34.0 Å². The molecular weight excluding hydrogens is 364 g/mol. The van der Waals surface area contributed by atoms with Crippen molar-refractivity contribution in [1.82, 2.24) is 9.55 Å². The van der Waals surface area contributed by atoms with Gasteiger partial charge in [0.2, 0.25) is 0 Å². The molecule has 0 amide bonds. The first-order chi connectivity index (χ1) is 12.8. The van der Waals surface area contributed by atoms with Crippen LogP contribution in [-0.2, 0) is 23.8 Å². The van der Waals surface area contributed by atoms with Crippen molar-refractivity contribution in [3.8, 4) is 0 Å². The van der Waals surface area contributed by atoms with Gasteiger partial charge in [-0.3, -0.25) is 14.3 Å². The number of H-pyrrole nitrogens is 1. The number of aliphatic hydroxyl groups is 2. The summed E-state index contributed by atoms with van der Waals surface area (Å²) < 4.78 is 15.5. The molecule has 11 heteroatoms. The number of ether oxygens (including phenoxy) is 3. The van der Waals surface area contributed by atoms with Gasteiger partial charge in [-0.2, -0.15) is 0 Å². The molecule has 1 aliphatic heterocycles. The number of carbonyl (C=O) groups is 2. The molecule has 3 N–H and O–H groups in total. The first-order valence-electron chi connectivity index (χ1n) is 7.98. The van der Waals surface area contributed by atoms with E-state index in [1.165, 1.54) is 0 Å². The number of rotatable bonds is 6. The van der Waals surface area contributed by atoms with E-state index >= 15 is 0 Å². The zero-order valence-electron chi connectivity index (χ0n) is 14.7. The number of carbonyl (C=O) groups excluding carboxylic acids is 2. The quantitative estimate of drug-likeness (QED) is 0.380. The lowest BCUT2D eigenvalue weighted by Gasteiger charge is -2.16. The van der Waals surface area contributed by atoms with Crippen molar-refractivity contribution in [3.05, 3.63) is 44.8 Å². The summed E-state index contributed by atoms with van der Waals surface area (Å²) in [5.41, 5.74) is -1.42. The minimum Gasteiger partial charge on any atom is -0.466 e. The number of nitrogens with one attached hydrogen (secondary N) is 1. The van der Waals surface area contributed by atoms with Crippen LogP contribution in [0.15, 0.2) is 33.5 Å². The second-order valence-corrected chi connectivity index (χ2v) is 5.79. The molecule has 1 fully saturated rings. The van der Waals surface area contributed by atoms with E-state index in [1.807, 2.05) is 4.98 Å². The predicted octanol–water partition coefficient (Wildman–Crippen LogP) is -1.79. The zero-order chi connectivity index (χ0) is 20.1. The van der Waals surface area contributed by atoms with Gasteiger partial charge in [-0.05, 0) is 12.8 Å². The maximum Gasteiger partial charge on any atom is 0.333 e. The fourth-order valence-corrected chi connectivity index (χ4v) is 2.69. The van der Waals surface area contributed by atoms with Gasteiger partial charge < -0.3 is 24.4 Å². The predicted molar refractivity (Wildman–Crippen MR) is 88.6 cm³/mol. The molecule has 1 aromatic heterocycles. The van der Waals surface area contributed by atoms with Crippen molar-refractivity contribution >= 4 is 11.9 Å². The number of hydrogen-bond acceptors (Lipinski definition) is 9. The summed E-state index contributed by atoms with van der Waals surface area (Å²) in [7, 11) is 2.30. The average Bonchev–Trinajstić information content (AvgIpc) is 2.92. The van der Waals surface area contributed by atoms with E-state index in [2.05, 4.69) is 9.47 Å². The molecule has 0 bridgehead atoms. The second-order valence-electron chi connectivity index (χ2n) is 5.79. The number of hydrogen-bond donors (Lipinski definition) is 3. The molecule has 2 rings (SSSR count). The minimum atomic E-state index is -1.44. The van der Waals surface area contributed by atoms with Crippen LogP contribution in [0.25, 0.3) is 0 Å². The molecule has 148 valence electrons. The summed E-state index contributed by atoms with van der Waals surface area (Å²) in [5.74, 6) is -1.50. The highest BCUT2D eigenvalue weighted by molar-refractivity contribution is 5.96. The van der Waals surface area contributed by atoms with E-state index in [1.54, 1.807) is 0 Å². The summed E-state index contributed by atoms with van der Waals surface area (Å²) in [6.07, 6.45) is -2.81. The SMILES string of the molecule is COC(=O)/C=C(/CC[C@H]1O[C@@H](n2ccc(=O)[nH]c2=O)[C@H](O)[C@@H]1O)C(=O)OC. The molecule has 1 aromatic rings. The summed E-state index contributed by atoms with van der Waals surface area (Å²) in [6, 6.07) is 1.08. The molecule has 1 aliphatic rings. The molecule has 4 atom stereocenters. The number of aliphatic hydroxyl groups excluding tert-OH is 2. The fraction of sp³-hybridized carbons (Fsp3) is 0.500. The third kappa shape index (κ3) is 4.70. The highest BCUT2D eigenvalue weighted by atomic mass is 16.6. The molecule has 0 unspecified atom stereocenters. The fourth-order valence-electron chi connectivity index (χ4n) is 2.69. The van der Waals surface area contributed by atoms with Gasteiger partial charge in [-0.15, -0.1) is 0 Å².